The second kappa shape index (κ2) is 9.43. The number of carbonyl (C=O) groups excluding carboxylic acids is 2. The summed E-state index contributed by atoms with van der Waals surface area (Å²) in [7, 11) is 0. The van der Waals surface area contributed by atoms with Crippen LogP contribution < -0.4 is 24.3 Å². The van der Waals surface area contributed by atoms with Crippen LogP contribution in [0.25, 0.3) is 0 Å². The van der Waals surface area contributed by atoms with E-state index in [2.05, 4.69) is 5.32 Å². The molecule has 7 heteroatoms. The van der Waals surface area contributed by atoms with E-state index in [0.717, 1.165) is 5.56 Å². The normalized spacial score (nSPS) is 11.7. The lowest BCUT2D eigenvalue weighted by Crippen LogP contribution is -2.15. The van der Waals surface area contributed by atoms with Crippen molar-refractivity contribution in [3.8, 4) is 23.0 Å². The molecule has 0 aromatic heterocycles. The highest BCUT2D eigenvalue weighted by atomic mass is 16.7. The molecule has 1 amide bonds. The Kier molecular flexibility index (Phi) is 6.26. The lowest BCUT2D eigenvalue weighted by molar-refractivity contribution is 0.101. The minimum atomic E-state index is -0.405. The van der Waals surface area contributed by atoms with E-state index in [9.17, 15) is 9.59 Å². The quantitative estimate of drug-likeness (QED) is 0.512. The number of ketones is 1. The third-order valence-corrected chi connectivity index (χ3v) is 4.84. The number of rotatable bonds is 8. The van der Waals surface area contributed by atoms with Gasteiger partial charge >= 0.3 is 0 Å². The fourth-order valence-corrected chi connectivity index (χ4v) is 3.31. The van der Waals surface area contributed by atoms with Crippen molar-refractivity contribution in [3.63, 3.8) is 0 Å². The molecule has 164 valence electrons. The first kappa shape index (κ1) is 21.2. The number of anilines is 1. The van der Waals surface area contributed by atoms with Crippen molar-refractivity contribution in [1.82, 2.24) is 0 Å². The molecule has 3 aromatic carbocycles. The van der Waals surface area contributed by atoms with E-state index in [4.69, 9.17) is 18.9 Å². The molecule has 0 unspecified atom stereocenters. The van der Waals surface area contributed by atoms with E-state index in [1.807, 2.05) is 37.3 Å². The average molecular weight is 433 g/mol. The molecule has 3 aromatic rings. The van der Waals surface area contributed by atoms with Gasteiger partial charge in [0.15, 0.2) is 17.3 Å². The topological polar surface area (TPSA) is 83.1 Å². The van der Waals surface area contributed by atoms with Gasteiger partial charge in [0.05, 0.1) is 12.3 Å². The van der Waals surface area contributed by atoms with Crippen LogP contribution in [0.15, 0.2) is 60.7 Å². The number of Topliss-reactive ketones (excluding diaryl/α,β-unsaturated/α-hetero) is 1. The average Bonchev–Trinajstić information content (AvgIpc) is 3.25. The number of nitrogens with one attached hydrogen (secondary N) is 1. The van der Waals surface area contributed by atoms with Crippen molar-refractivity contribution in [3.05, 3.63) is 77.4 Å². The Labute approximate surface area is 185 Å². The van der Waals surface area contributed by atoms with Crippen LogP contribution in [-0.4, -0.2) is 25.1 Å². The molecular weight excluding hydrogens is 410 g/mol. The van der Waals surface area contributed by atoms with Crippen molar-refractivity contribution in [1.29, 1.82) is 0 Å². The summed E-state index contributed by atoms with van der Waals surface area (Å²) in [5.74, 6) is 1.36. The van der Waals surface area contributed by atoms with Gasteiger partial charge in [0.1, 0.15) is 18.1 Å². The molecular formula is C25H23NO6. The van der Waals surface area contributed by atoms with E-state index in [1.54, 1.807) is 30.3 Å². The standard InChI is InChI=1S/C25H23NO6/c1-3-29-19-9-18(10-20(11-19)30-14-17-7-5-4-6-8-17)25(28)26-22-13-24-23(31-15-32-24)12-21(22)16(2)27/h4-13H,3,14-15H2,1-2H3,(H,26,28). The van der Waals surface area contributed by atoms with Crippen LogP contribution in [0.3, 0.4) is 0 Å². The molecule has 0 radical (unpaired) electrons. The minimum Gasteiger partial charge on any atom is -0.494 e. The van der Waals surface area contributed by atoms with Crippen molar-refractivity contribution < 1.29 is 28.5 Å². The Morgan fingerprint density at radius 2 is 1.62 bits per heavy atom. The van der Waals surface area contributed by atoms with Crippen LogP contribution in [0, 0.1) is 0 Å². The highest BCUT2D eigenvalue weighted by Gasteiger charge is 2.21. The van der Waals surface area contributed by atoms with Gasteiger partial charge in [-0.05, 0) is 37.6 Å². The number of ether oxygens (including phenoxy) is 4. The zero-order valence-corrected chi connectivity index (χ0v) is 17.8. The zero-order chi connectivity index (χ0) is 22.5. The number of benzene rings is 3. The van der Waals surface area contributed by atoms with E-state index in [0.29, 0.717) is 53.0 Å². The van der Waals surface area contributed by atoms with E-state index in [-0.39, 0.29) is 12.6 Å². The molecule has 0 spiro atoms. The fraction of sp³-hybridized carbons (Fsp3) is 0.200. The van der Waals surface area contributed by atoms with Crippen LogP contribution in [0.5, 0.6) is 23.0 Å². The summed E-state index contributed by atoms with van der Waals surface area (Å²) in [6.07, 6.45) is 0. The van der Waals surface area contributed by atoms with Gasteiger partial charge in [0.2, 0.25) is 6.79 Å². The van der Waals surface area contributed by atoms with Crippen molar-refractivity contribution in [2.45, 2.75) is 20.5 Å². The molecule has 0 bridgehead atoms. The van der Waals surface area contributed by atoms with Crippen LogP contribution in [0.2, 0.25) is 0 Å². The Hall–Kier alpha value is -4.00. The van der Waals surface area contributed by atoms with Crippen LogP contribution in [-0.2, 0) is 6.61 Å². The molecule has 0 atom stereocenters. The Balaban J connectivity index is 1.59. The lowest BCUT2D eigenvalue weighted by atomic mass is 10.1. The maximum Gasteiger partial charge on any atom is 0.255 e. The second-order valence-corrected chi connectivity index (χ2v) is 7.16. The largest absolute Gasteiger partial charge is 0.494 e. The smallest absolute Gasteiger partial charge is 0.255 e. The minimum absolute atomic E-state index is 0.0720. The van der Waals surface area contributed by atoms with E-state index in [1.165, 1.54) is 6.92 Å². The monoisotopic (exact) mass is 433 g/mol. The summed E-state index contributed by atoms with van der Waals surface area (Å²) >= 11 is 0. The summed E-state index contributed by atoms with van der Waals surface area (Å²) in [5.41, 5.74) is 2.03. The summed E-state index contributed by atoms with van der Waals surface area (Å²) < 4.78 is 22.2. The molecule has 0 saturated heterocycles. The number of amides is 1. The van der Waals surface area contributed by atoms with Crippen molar-refractivity contribution in [2.24, 2.45) is 0 Å². The summed E-state index contributed by atoms with van der Waals surface area (Å²) in [6.45, 7) is 4.16. The first-order valence-corrected chi connectivity index (χ1v) is 10.2. The predicted octanol–water partition coefficient (Wildman–Crippen LogP) is 4.85. The molecule has 32 heavy (non-hydrogen) atoms. The molecule has 1 N–H and O–H groups in total. The SMILES string of the molecule is CCOc1cc(OCc2ccccc2)cc(C(=O)Nc2cc3c(cc2C(C)=O)OCO3)c1. The summed E-state index contributed by atoms with van der Waals surface area (Å²) in [4.78, 5) is 25.2. The van der Waals surface area contributed by atoms with Gasteiger partial charge in [-0.1, -0.05) is 30.3 Å². The highest BCUT2D eigenvalue weighted by molar-refractivity contribution is 6.09. The molecule has 1 aliphatic rings. The first-order valence-electron chi connectivity index (χ1n) is 10.2. The van der Waals surface area contributed by atoms with Crippen molar-refractivity contribution >= 4 is 17.4 Å². The molecule has 0 aliphatic carbocycles. The molecule has 1 aliphatic heterocycles. The molecule has 4 rings (SSSR count). The van der Waals surface area contributed by atoms with Gasteiger partial charge in [-0.15, -0.1) is 0 Å². The van der Waals surface area contributed by atoms with Gasteiger partial charge in [-0.3, -0.25) is 9.59 Å². The van der Waals surface area contributed by atoms with Gasteiger partial charge in [0.25, 0.3) is 5.91 Å². The summed E-state index contributed by atoms with van der Waals surface area (Å²) in [6, 6.07) is 17.9. The first-order chi connectivity index (χ1) is 15.5. The third-order valence-electron chi connectivity index (χ3n) is 4.84. The Morgan fingerprint density at radius 1 is 0.938 bits per heavy atom. The maximum absolute atomic E-state index is 13.1. The maximum atomic E-state index is 13.1. The predicted molar refractivity (Wildman–Crippen MR) is 119 cm³/mol. The molecule has 0 fully saturated rings. The fourth-order valence-electron chi connectivity index (χ4n) is 3.31. The second-order valence-electron chi connectivity index (χ2n) is 7.16. The highest BCUT2D eigenvalue weighted by Crippen LogP contribution is 2.37. The van der Waals surface area contributed by atoms with Gasteiger partial charge < -0.3 is 24.3 Å². The number of carbonyl (C=O) groups is 2. The zero-order valence-electron chi connectivity index (χ0n) is 17.8. The molecule has 1 heterocycles. The van der Waals surface area contributed by atoms with Crippen molar-refractivity contribution in [2.75, 3.05) is 18.7 Å². The van der Waals surface area contributed by atoms with Crippen LogP contribution >= 0.6 is 0 Å². The van der Waals surface area contributed by atoms with Crippen LogP contribution in [0.1, 0.15) is 40.1 Å². The molecule has 0 saturated carbocycles. The van der Waals surface area contributed by atoms with E-state index < -0.39 is 5.91 Å². The van der Waals surface area contributed by atoms with Gasteiger partial charge in [0, 0.05) is 23.3 Å². The van der Waals surface area contributed by atoms with Gasteiger partial charge in [-0.2, -0.15) is 0 Å². The number of hydrogen-bond donors (Lipinski definition) is 1. The van der Waals surface area contributed by atoms with Crippen LogP contribution in [0.4, 0.5) is 5.69 Å². The molecule has 7 nitrogen and oxygen atoms in total. The number of fused-ring (bicyclic) bond motifs is 1. The lowest BCUT2D eigenvalue weighted by Gasteiger charge is -2.14. The Morgan fingerprint density at radius 3 is 2.31 bits per heavy atom. The third kappa shape index (κ3) is 4.83. The Bertz CT molecular complexity index is 1140. The van der Waals surface area contributed by atoms with Gasteiger partial charge in [-0.25, -0.2) is 0 Å². The summed E-state index contributed by atoms with van der Waals surface area (Å²) in [5, 5.41) is 2.80. The number of hydrogen-bond acceptors (Lipinski definition) is 6. The van der Waals surface area contributed by atoms with E-state index >= 15 is 0 Å².